The molecule has 3 heterocycles. The number of amides is 4. The van der Waals surface area contributed by atoms with Crippen LogP contribution in [0.2, 0.25) is 0 Å². The normalized spacial score (nSPS) is 22.2. The topological polar surface area (TPSA) is 291 Å². The maximum Gasteiger partial charge on any atom is 0.327 e. The highest BCUT2D eigenvalue weighted by atomic mass is 33.1. The van der Waals surface area contributed by atoms with Crippen molar-refractivity contribution in [2.75, 3.05) is 23.0 Å². The molecule has 0 unspecified atom stereocenters. The van der Waals surface area contributed by atoms with Crippen LogP contribution in [0.3, 0.4) is 0 Å². The fourth-order valence-electron chi connectivity index (χ4n) is 3.51. The lowest BCUT2D eigenvalue weighted by Crippen LogP contribution is -2.44. The van der Waals surface area contributed by atoms with Crippen LogP contribution in [-0.2, 0) is 19.2 Å². The molecule has 22 heteroatoms. The Bertz CT molecular complexity index is 1380. The Morgan fingerprint density at radius 3 is 0.875 bits per heavy atom. The smallest absolute Gasteiger partial charge is 0.327 e. The second-order valence-electron chi connectivity index (χ2n) is 9.52. The molecule has 0 fully saturated rings. The van der Waals surface area contributed by atoms with Crippen molar-refractivity contribution in [1.29, 1.82) is 0 Å². The van der Waals surface area contributed by atoms with Crippen molar-refractivity contribution in [3.63, 3.8) is 0 Å². The molecular formula is C26H26N6O12S4. The number of carboxylic acids is 4. The van der Waals surface area contributed by atoms with E-state index in [1.54, 1.807) is 0 Å². The van der Waals surface area contributed by atoms with Gasteiger partial charge >= 0.3 is 23.9 Å². The first kappa shape index (κ1) is 37.9. The second-order valence-corrected chi connectivity index (χ2v) is 14.6. The van der Waals surface area contributed by atoms with E-state index in [4.69, 9.17) is 0 Å². The van der Waals surface area contributed by atoms with Gasteiger partial charge in [0.1, 0.15) is 24.2 Å². The largest absolute Gasteiger partial charge is 0.480 e. The van der Waals surface area contributed by atoms with Crippen LogP contribution < -0.4 is 21.3 Å². The number of carbonyl (C=O) groups excluding carboxylic acids is 4. The minimum absolute atomic E-state index is 0.209. The molecule has 0 radical (unpaired) electrons. The number of carboxylic acid groups (broad SMARTS) is 4. The molecule has 0 saturated heterocycles. The number of nitrogens with one attached hydrogen (secondary N) is 4. The molecule has 1 aliphatic rings. The molecule has 0 aromatic carbocycles. The molecule has 2 aromatic heterocycles. The summed E-state index contributed by atoms with van der Waals surface area (Å²) in [6, 6.07) is -3.69. The predicted octanol–water partition coefficient (Wildman–Crippen LogP) is -0.315. The Kier molecular flexibility index (Phi) is 14.3. The summed E-state index contributed by atoms with van der Waals surface area (Å²) in [5, 5.41) is 47.5. The van der Waals surface area contributed by atoms with E-state index in [2.05, 4.69) is 31.2 Å². The first-order chi connectivity index (χ1) is 22.8. The number of hydrogen-bond acceptors (Lipinski definition) is 14. The molecule has 4 atom stereocenters. The van der Waals surface area contributed by atoms with E-state index in [0.717, 1.165) is 80.1 Å². The van der Waals surface area contributed by atoms with Crippen LogP contribution in [0.4, 0.5) is 0 Å². The Hall–Kier alpha value is -4.54. The fourth-order valence-corrected chi connectivity index (χ4v) is 8.13. The van der Waals surface area contributed by atoms with Gasteiger partial charge in [-0.2, -0.15) is 0 Å². The molecule has 48 heavy (non-hydrogen) atoms. The zero-order valence-electron chi connectivity index (χ0n) is 24.2. The Balaban J connectivity index is 1.87. The first-order valence-electron chi connectivity index (χ1n) is 13.3. The van der Waals surface area contributed by atoms with Crippen LogP contribution in [0, 0.1) is 0 Å². The van der Waals surface area contributed by atoms with Gasteiger partial charge in [0.2, 0.25) is 0 Å². The number of nitrogens with zero attached hydrogens (tertiary/aromatic N) is 2. The number of rotatable bonds is 4. The first-order valence-corrected chi connectivity index (χ1v) is 18.3. The summed E-state index contributed by atoms with van der Waals surface area (Å²) in [5.74, 6) is -10.3. The Labute approximate surface area is 286 Å². The zero-order chi connectivity index (χ0) is 35.4. The molecule has 18 nitrogen and oxygen atoms in total. The van der Waals surface area contributed by atoms with Crippen molar-refractivity contribution < 1.29 is 58.8 Å². The van der Waals surface area contributed by atoms with E-state index in [9.17, 15) is 58.8 Å². The van der Waals surface area contributed by atoms with E-state index in [-0.39, 0.29) is 45.3 Å². The fraction of sp³-hybridized carbons (Fsp3) is 0.308. The zero-order valence-corrected chi connectivity index (χ0v) is 27.5. The summed E-state index contributed by atoms with van der Waals surface area (Å²) in [4.78, 5) is 106. The van der Waals surface area contributed by atoms with Gasteiger partial charge in [-0.1, -0.05) is 43.2 Å². The van der Waals surface area contributed by atoms with Gasteiger partial charge in [-0.05, 0) is 12.1 Å². The predicted molar refractivity (Wildman–Crippen MR) is 174 cm³/mol. The molecule has 0 spiro atoms. The second kappa shape index (κ2) is 18.1. The maximum atomic E-state index is 12.8. The Morgan fingerprint density at radius 2 is 0.688 bits per heavy atom. The highest BCUT2D eigenvalue weighted by Gasteiger charge is 2.27. The van der Waals surface area contributed by atoms with Crippen molar-refractivity contribution in [2.45, 2.75) is 24.2 Å². The molecule has 4 bridgehead atoms. The van der Waals surface area contributed by atoms with Crippen LogP contribution in [0.25, 0.3) is 0 Å². The summed E-state index contributed by atoms with van der Waals surface area (Å²) in [6.45, 7) is 0. The van der Waals surface area contributed by atoms with Gasteiger partial charge in [0.15, 0.2) is 0 Å². The van der Waals surface area contributed by atoms with Gasteiger partial charge in [0, 0.05) is 47.8 Å². The Morgan fingerprint density at radius 1 is 0.479 bits per heavy atom. The molecule has 8 N–H and O–H groups in total. The molecular weight excluding hydrogens is 717 g/mol. The summed E-state index contributed by atoms with van der Waals surface area (Å²) < 4.78 is 0. The minimum atomic E-state index is -1.46. The highest BCUT2D eigenvalue weighted by molar-refractivity contribution is 8.77. The van der Waals surface area contributed by atoms with Crippen molar-refractivity contribution in [1.82, 2.24) is 31.2 Å². The quantitative estimate of drug-likeness (QED) is 0.186. The molecule has 1 aliphatic heterocycles. The average molecular weight is 743 g/mol. The number of carbonyl (C=O) groups is 8. The number of aromatic nitrogens is 2. The lowest BCUT2D eigenvalue weighted by Gasteiger charge is -2.17. The van der Waals surface area contributed by atoms with E-state index in [0.29, 0.717) is 0 Å². The molecule has 0 saturated carbocycles. The van der Waals surface area contributed by atoms with E-state index < -0.39 is 71.7 Å². The van der Waals surface area contributed by atoms with E-state index in [1.807, 2.05) is 0 Å². The number of pyridine rings is 2. The molecule has 256 valence electrons. The third-order valence-corrected chi connectivity index (χ3v) is 10.9. The van der Waals surface area contributed by atoms with Crippen LogP contribution in [-0.4, -0.2) is 125 Å². The number of aliphatic carboxylic acids is 4. The van der Waals surface area contributed by atoms with Crippen LogP contribution in [0.1, 0.15) is 41.4 Å². The lowest BCUT2D eigenvalue weighted by atomic mass is 10.1. The van der Waals surface area contributed by atoms with Gasteiger partial charge in [-0.3, -0.25) is 29.1 Å². The molecule has 0 aliphatic carbocycles. The van der Waals surface area contributed by atoms with Crippen molar-refractivity contribution in [3.05, 3.63) is 59.2 Å². The monoisotopic (exact) mass is 742 g/mol. The van der Waals surface area contributed by atoms with Crippen molar-refractivity contribution in [2.24, 2.45) is 0 Å². The van der Waals surface area contributed by atoms with Crippen LogP contribution >= 0.6 is 43.2 Å². The van der Waals surface area contributed by atoms with Gasteiger partial charge in [-0.25, -0.2) is 19.2 Å². The SMILES string of the molecule is O=C1N[C@H](C(=O)O)CSSC[C@@H](C(=O)O)NC(=O)c2cncc(c2)C(=O)N[C@H](C(=O)O)CSSC[C@@H](C(=O)O)NC(=O)c2cncc1c2. The molecule has 4 amide bonds. The van der Waals surface area contributed by atoms with Crippen LogP contribution in [0.15, 0.2) is 36.9 Å². The standard InChI is InChI=1S/C26H26N6O12S4/c33-19-11-1-12(4-27-3-11)20(34)30-16(24(39)40)8-46-48-10-18(26(43)44)32-22(36)14-2-13(5-28-6-14)21(35)31-17(25(41)42)9-47-45-7-15(29-19)23(37)38/h1-6,15-18H,7-10H2,(H,29,33)(H,30,34)(H,31,35)(H,32,36)(H,37,38)(H,39,40)(H,41,42)(H,43,44)/t15-,16-,17-,18-/m0/s1. The van der Waals surface area contributed by atoms with Crippen LogP contribution in [0.5, 0.6) is 0 Å². The van der Waals surface area contributed by atoms with E-state index in [1.165, 1.54) is 0 Å². The minimum Gasteiger partial charge on any atom is -0.480 e. The summed E-state index contributed by atoms with van der Waals surface area (Å²) in [7, 11) is 3.57. The van der Waals surface area contributed by atoms with E-state index >= 15 is 0 Å². The summed E-state index contributed by atoms with van der Waals surface area (Å²) in [5.41, 5.74) is -0.838. The maximum absolute atomic E-state index is 12.8. The number of fused-ring (bicyclic) bond motifs is 4. The summed E-state index contributed by atoms with van der Waals surface area (Å²) >= 11 is 0. The molecule has 2 aromatic rings. The van der Waals surface area contributed by atoms with Gasteiger partial charge in [0.25, 0.3) is 23.6 Å². The third-order valence-electron chi connectivity index (χ3n) is 6.04. The lowest BCUT2D eigenvalue weighted by molar-refractivity contribution is -0.139. The van der Waals surface area contributed by atoms with Crippen molar-refractivity contribution in [3.8, 4) is 0 Å². The van der Waals surface area contributed by atoms with Gasteiger partial charge in [-0.15, -0.1) is 0 Å². The summed E-state index contributed by atoms with van der Waals surface area (Å²) in [6.07, 6.45) is 4.25. The van der Waals surface area contributed by atoms with Gasteiger partial charge < -0.3 is 41.7 Å². The molecule has 3 rings (SSSR count). The highest BCUT2D eigenvalue weighted by Crippen LogP contribution is 2.25. The van der Waals surface area contributed by atoms with Gasteiger partial charge in [0.05, 0.1) is 22.3 Å². The average Bonchev–Trinajstić information content (AvgIpc) is 3.05. The van der Waals surface area contributed by atoms with Crippen molar-refractivity contribution >= 4 is 90.7 Å². The number of hydrogen-bond donors (Lipinski definition) is 8. The third kappa shape index (κ3) is 11.3.